The predicted molar refractivity (Wildman–Crippen MR) is 97.7 cm³/mol. The Kier molecular flexibility index (Phi) is 6.70. The predicted octanol–water partition coefficient (Wildman–Crippen LogP) is 3.43. The molecule has 0 aliphatic carbocycles. The van der Waals surface area contributed by atoms with Crippen molar-refractivity contribution < 1.29 is 14.3 Å². The Balaban J connectivity index is 1.39. The number of nitrogens with zero attached hydrogens (tertiary/aromatic N) is 1. The molecule has 1 N–H and O–H groups in total. The molecule has 0 saturated carbocycles. The molecule has 0 radical (unpaired) electrons. The first-order valence-electron chi connectivity index (χ1n) is 9.54. The standard InChI is InChI=1S/C20H30N2O3/c1-16-5-2-6-17(15-16)19-7-3-11-22(19)20(23)21-10-4-12-25-18-8-13-24-14-9-18/h2,5-6,15,18-19H,3-4,7-14H2,1H3,(H,21,23). The first-order chi connectivity index (χ1) is 12.2. The molecule has 5 heteroatoms. The van der Waals surface area contributed by atoms with E-state index in [0.29, 0.717) is 19.3 Å². The average molecular weight is 346 g/mol. The van der Waals surface area contributed by atoms with Crippen LogP contribution in [0.25, 0.3) is 0 Å². The number of nitrogens with one attached hydrogen (secondary N) is 1. The average Bonchev–Trinajstić information content (AvgIpc) is 3.12. The van der Waals surface area contributed by atoms with E-state index in [1.807, 2.05) is 4.90 Å². The van der Waals surface area contributed by atoms with E-state index in [1.165, 1.54) is 11.1 Å². The molecule has 1 aromatic carbocycles. The van der Waals surface area contributed by atoms with Gasteiger partial charge in [0, 0.05) is 32.9 Å². The third-order valence-electron chi connectivity index (χ3n) is 5.06. The summed E-state index contributed by atoms with van der Waals surface area (Å²) in [6, 6.07) is 8.75. The molecule has 2 fully saturated rings. The van der Waals surface area contributed by atoms with Crippen LogP contribution in [0.2, 0.25) is 0 Å². The summed E-state index contributed by atoms with van der Waals surface area (Å²) in [7, 11) is 0. The van der Waals surface area contributed by atoms with Gasteiger partial charge in [-0.05, 0) is 44.6 Å². The molecular weight excluding hydrogens is 316 g/mol. The van der Waals surface area contributed by atoms with Gasteiger partial charge in [0.05, 0.1) is 12.1 Å². The molecule has 2 aliphatic heterocycles. The molecule has 138 valence electrons. The van der Waals surface area contributed by atoms with Crippen molar-refractivity contribution in [3.05, 3.63) is 35.4 Å². The van der Waals surface area contributed by atoms with Crippen LogP contribution < -0.4 is 5.32 Å². The van der Waals surface area contributed by atoms with E-state index in [4.69, 9.17) is 9.47 Å². The number of rotatable bonds is 6. The quantitative estimate of drug-likeness (QED) is 0.803. The largest absolute Gasteiger partial charge is 0.381 e. The molecule has 1 unspecified atom stereocenters. The van der Waals surface area contributed by atoms with Crippen LogP contribution in [-0.4, -0.2) is 49.9 Å². The van der Waals surface area contributed by atoms with E-state index in [0.717, 1.165) is 51.9 Å². The zero-order chi connectivity index (χ0) is 17.5. The summed E-state index contributed by atoms with van der Waals surface area (Å²) < 4.78 is 11.2. The SMILES string of the molecule is Cc1cccc(C2CCCN2C(=O)NCCCOC2CCOCC2)c1. The van der Waals surface area contributed by atoms with Gasteiger partial charge in [0.2, 0.25) is 0 Å². The maximum atomic E-state index is 12.5. The van der Waals surface area contributed by atoms with Crippen molar-refractivity contribution in [2.75, 3.05) is 32.9 Å². The molecule has 0 aromatic heterocycles. The molecular formula is C20H30N2O3. The lowest BCUT2D eigenvalue weighted by atomic mass is 10.0. The van der Waals surface area contributed by atoms with Gasteiger partial charge in [-0.3, -0.25) is 0 Å². The zero-order valence-corrected chi connectivity index (χ0v) is 15.2. The van der Waals surface area contributed by atoms with Crippen LogP contribution in [0.4, 0.5) is 4.79 Å². The van der Waals surface area contributed by atoms with Crippen molar-refractivity contribution in [2.45, 2.75) is 51.2 Å². The van der Waals surface area contributed by atoms with E-state index in [1.54, 1.807) is 0 Å². The Labute approximate surface area is 150 Å². The van der Waals surface area contributed by atoms with Gasteiger partial charge < -0.3 is 19.7 Å². The number of amides is 2. The second kappa shape index (κ2) is 9.20. The Hall–Kier alpha value is -1.59. The van der Waals surface area contributed by atoms with Crippen LogP contribution in [0.1, 0.15) is 49.3 Å². The first kappa shape index (κ1) is 18.2. The van der Waals surface area contributed by atoms with Crippen molar-refractivity contribution in [2.24, 2.45) is 0 Å². The van der Waals surface area contributed by atoms with Crippen LogP contribution in [0.5, 0.6) is 0 Å². The zero-order valence-electron chi connectivity index (χ0n) is 15.2. The normalized spacial score (nSPS) is 21.5. The Morgan fingerprint density at radius 3 is 2.96 bits per heavy atom. The highest BCUT2D eigenvalue weighted by molar-refractivity contribution is 5.75. The second-order valence-electron chi connectivity index (χ2n) is 7.03. The minimum Gasteiger partial charge on any atom is -0.381 e. The summed E-state index contributed by atoms with van der Waals surface area (Å²) >= 11 is 0. The summed E-state index contributed by atoms with van der Waals surface area (Å²) in [5.74, 6) is 0. The summed E-state index contributed by atoms with van der Waals surface area (Å²) in [4.78, 5) is 14.5. The van der Waals surface area contributed by atoms with Crippen LogP contribution in [0.15, 0.2) is 24.3 Å². The summed E-state index contributed by atoms with van der Waals surface area (Å²) in [5, 5.41) is 3.06. The third-order valence-corrected chi connectivity index (χ3v) is 5.06. The molecule has 2 saturated heterocycles. The van der Waals surface area contributed by atoms with Gasteiger partial charge in [-0.2, -0.15) is 0 Å². The van der Waals surface area contributed by atoms with Crippen molar-refractivity contribution in [1.82, 2.24) is 10.2 Å². The van der Waals surface area contributed by atoms with Gasteiger partial charge >= 0.3 is 6.03 Å². The topological polar surface area (TPSA) is 50.8 Å². The van der Waals surface area contributed by atoms with Gasteiger partial charge in [0.15, 0.2) is 0 Å². The number of urea groups is 1. The monoisotopic (exact) mass is 346 g/mol. The smallest absolute Gasteiger partial charge is 0.317 e. The molecule has 25 heavy (non-hydrogen) atoms. The maximum Gasteiger partial charge on any atom is 0.317 e. The minimum atomic E-state index is 0.0510. The van der Waals surface area contributed by atoms with Crippen LogP contribution in [0.3, 0.4) is 0 Å². The lowest BCUT2D eigenvalue weighted by Crippen LogP contribution is -2.40. The number of hydrogen-bond acceptors (Lipinski definition) is 3. The fraction of sp³-hybridized carbons (Fsp3) is 0.650. The number of carbonyl (C=O) groups excluding carboxylic acids is 1. The molecule has 2 amide bonds. The minimum absolute atomic E-state index is 0.0510. The molecule has 2 heterocycles. The van der Waals surface area contributed by atoms with E-state index in [9.17, 15) is 4.79 Å². The van der Waals surface area contributed by atoms with E-state index < -0.39 is 0 Å². The van der Waals surface area contributed by atoms with Gasteiger partial charge in [0.25, 0.3) is 0 Å². The highest BCUT2D eigenvalue weighted by atomic mass is 16.5. The van der Waals surface area contributed by atoms with Gasteiger partial charge in [-0.25, -0.2) is 4.79 Å². The lowest BCUT2D eigenvalue weighted by molar-refractivity contribution is -0.0321. The molecule has 0 bridgehead atoms. The molecule has 3 rings (SSSR count). The van der Waals surface area contributed by atoms with E-state index in [2.05, 4.69) is 36.5 Å². The Bertz CT molecular complexity index is 558. The number of carbonyl (C=O) groups is 1. The molecule has 1 atom stereocenters. The molecule has 2 aliphatic rings. The van der Waals surface area contributed by atoms with Crippen molar-refractivity contribution in [3.8, 4) is 0 Å². The molecule has 1 aromatic rings. The maximum absolute atomic E-state index is 12.5. The van der Waals surface area contributed by atoms with E-state index in [-0.39, 0.29) is 12.1 Å². The van der Waals surface area contributed by atoms with Gasteiger partial charge in [-0.15, -0.1) is 0 Å². The van der Waals surface area contributed by atoms with Crippen LogP contribution in [-0.2, 0) is 9.47 Å². The Morgan fingerprint density at radius 2 is 2.16 bits per heavy atom. The van der Waals surface area contributed by atoms with Crippen LogP contribution >= 0.6 is 0 Å². The summed E-state index contributed by atoms with van der Waals surface area (Å²) in [6.07, 6.45) is 5.26. The van der Waals surface area contributed by atoms with Crippen LogP contribution in [0, 0.1) is 6.92 Å². The van der Waals surface area contributed by atoms with Gasteiger partial charge in [0.1, 0.15) is 0 Å². The van der Waals surface area contributed by atoms with E-state index >= 15 is 0 Å². The van der Waals surface area contributed by atoms with Crippen molar-refractivity contribution in [3.63, 3.8) is 0 Å². The third kappa shape index (κ3) is 5.19. The highest BCUT2D eigenvalue weighted by Gasteiger charge is 2.29. The lowest BCUT2D eigenvalue weighted by Gasteiger charge is -2.26. The molecule has 0 spiro atoms. The fourth-order valence-corrected chi connectivity index (χ4v) is 3.70. The van der Waals surface area contributed by atoms with Crippen molar-refractivity contribution >= 4 is 6.03 Å². The molecule has 5 nitrogen and oxygen atoms in total. The highest BCUT2D eigenvalue weighted by Crippen LogP contribution is 2.32. The van der Waals surface area contributed by atoms with Crippen molar-refractivity contribution in [1.29, 1.82) is 0 Å². The first-order valence-corrected chi connectivity index (χ1v) is 9.54. The number of hydrogen-bond donors (Lipinski definition) is 1. The Morgan fingerprint density at radius 1 is 1.32 bits per heavy atom. The number of ether oxygens (including phenoxy) is 2. The number of benzene rings is 1. The van der Waals surface area contributed by atoms with Gasteiger partial charge in [-0.1, -0.05) is 29.8 Å². The number of aryl methyl sites for hydroxylation is 1. The number of likely N-dealkylation sites (tertiary alicyclic amines) is 1. The summed E-state index contributed by atoms with van der Waals surface area (Å²) in [5.41, 5.74) is 2.49. The fourth-order valence-electron chi connectivity index (χ4n) is 3.70. The summed E-state index contributed by atoms with van der Waals surface area (Å²) in [6.45, 7) is 5.91. The second-order valence-corrected chi connectivity index (χ2v) is 7.03.